The molecule has 0 unspecified atom stereocenters. The Balaban J connectivity index is 1.18. The maximum absolute atomic E-state index is 7.49. The SMILES string of the molecule is c1ccc(-c2nc(-c3cccc4c3Oc3c(-c5cncc6ccccc56)cccc3C43c4ccccc4-c4ccccc43)cc(-c3cccc4ccccc34)n2)cc1. The van der Waals surface area contributed by atoms with E-state index in [1.165, 1.54) is 22.3 Å². The zero-order valence-electron chi connectivity index (χ0n) is 31.3. The number of rotatable bonds is 4. The summed E-state index contributed by atoms with van der Waals surface area (Å²) in [6, 6.07) is 66.6. The summed E-state index contributed by atoms with van der Waals surface area (Å²) >= 11 is 0. The van der Waals surface area contributed by atoms with Crippen molar-refractivity contribution in [3.05, 3.63) is 223 Å². The number of hydrogen-bond donors (Lipinski definition) is 0. The van der Waals surface area contributed by atoms with E-state index in [1.54, 1.807) is 0 Å². The van der Waals surface area contributed by atoms with Gasteiger partial charge in [0, 0.05) is 56.7 Å². The van der Waals surface area contributed by atoms with Gasteiger partial charge in [0.15, 0.2) is 5.82 Å². The normalized spacial score (nSPS) is 13.1. The zero-order chi connectivity index (χ0) is 38.2. The minimum atomic E-state index is -0.673. The summed E-state index contributed by atoms with van der Waals surface area (Å²) in [5, 5.41) is 4.50. The molecule has 10 aromatic rings. The fourth-order valence-corrected chi connectivity index (χ4v) is 9.58. The first-order chi connectivity index (χ1) is 28.8. The summed E-state index contributed by atoms with van der Waals surface area (Å²) in [5.74, 6) is 2.26. The Labute approximate surface area is 335 Å². The summed E-state index contributed by atoms with van der Waals surface area (Å²) in [6.45, 7) is 0. The van der Waals surface area contributed by atoms with Gasteiger partial charge in [-0.15, -0.1) is 0 Å². The van der Waals surface area contributed by atoms with Crippen LogP contribution in [-0.2, 0) is 5.41 Å². The quantitative estimate of drug-likeness (QED) is 0.180. The van der Waals surface area contributed by atoms with Gasteiger partial charge in [-0.2, -0.15) is 0 Å². The molecule has 0 fully saturated rings. The van der Waals surface area contributed by atoms with Gasteiger partial charge in [-0.3, -0.25) is 4.98 Å². The monoisotopic (exact) mass is 739 g/mol. The van der Waals surface area contributed by atoms with Gasteiger partial charge in [0.05, 0.1) is 16.8 Å². The van der Waals surface area contributed by atoms with E-state index < -0.39 is 5.41 Å². The van der Waals surface area contributed by atoms with E-state index in [1.807, 2.05) is 30.6 Å². The molecule has 270 valence electrons. The average Bonchev–Trinajstić information content (AvgIpc) is 3.59. The lowest BCUT2D eigenvalue weighted by atomic mass is 9.65. The molecule has 0 radical (unpaired) electrons. The Morgan fingerprint density at radius 3 is 1.60 bits per heavy atom. The van der Waals surface area contributed by atoms with Gasteiger partial charge in [-0.25, -0.2) is 9.97 Å². The highest BCUT2D eigenvalue weighted by molar-refractivity contribution is 6.00. The van der Waals surface area contributed by atoms with Crippen molar-refractivity contribution in [3.63, 3.8) is 0 Å². The molecule has 12 rings (SSSR count). The highest BCUT2D eigenvalue weighted by Gasteiger charge is 2.52. The number of fused-ring (bicyclic) bond motifs is 11. The van der Waals surface area contributed by atoms with Crippen LogP contribution in [-0.4, -0.2) is 15.0 Å². The topological polar surface area (TPSA) is 47.9 Å². The van der Waals surface area contributed by atoms with Crippen LogP contribution in [0.2, 0.25) is 0 Å². The van der Waals surface area contributed by atoms with Crippen LogP contribution in [0.15, 0.2) is 200 Å². The van der Waals surface area contributed by atoms with Crippen molar-refractivity contribution in [3.8, 4) is 67.7 Å². The third-order valence-corrected chi connectivity index (χ3v) is 12.1. The first kappa shape index (κ1) is 32.5. The standard InChI is InChI=1S/C54H33N3O/c1-2-16-35(17-3-1)53-56-49(41-24-12-19-34-15-4-6-20-37(34)41)31-50(57-53)43-26-14-30-48-52(43)58-51-42(44-33-55-32-36-18-5-7-21-38(36)44)25-13-29-47(51)54(48)45-27-10-8-22-39(45)40-23-9-11-28-46(40)54/h1-33H. The molecular weight excluding hydrogens is 707 g/mol. The maximum Gasteiger partial charge on any atom is 0.160 e. The van der Waals surface area contributed by atoms with Crippen molar-refractivity contribution < 1.29 is 4.74 Å². The molecule has 8 aromatic carbocycles. The predicted molar refractivity (Wildman–Crippen MR) is 234 cm³/mol. The average molecular weight is 740 g/mol. The molecule has 1 aliphatic heterocycles. The molecule has 0 saturated carbocycles. The van der Waals surface area contributed by atoms with Crippen LogP contribution in [0.3, 0.4) is 0 Å². The number of aromatic nitrogens is 3. The fourth-order valence-electron chi connectivity index (χ4n) is 9.58. The Morgan fingerprint density at radius 2 is 0.862 bits per heavy atom. The number of pyridine rings is 1. The van der Waals surface area contributed by atoms with E-state index >= 15 is 0 Å². The molecule has 0 bridgehead atoms. The second-order valence-electron chi connectivity index (χ2n) is 15.1. The Morgan fingerprint density at radius 1 is 0.362 bits per heavy atom. The first-order valence-corrected chi connectivity index (χ1v) is 19.7. The van der Waals surface area contributed by atoms with Crippen LogP contribution in [0.5, 0.6) is 11.5 Å². The summed E-state index contributed by atoms with van der Waals surface area (Å²) in [7, 11) is 0. The van der Waals surface area contributed by atoms with Gasteiger partial charge >= 0.3 is 0 Å². The van der Waals surface area contributed by atoms with Crippen LogP contribution >= 0.6 is 0 Å². The van der Waals surface area contributed by atoms with Crippen molar-refractivity contribution in [2.75, 3.05) is 0 Å². The first-order valence-electron chi connectivity index (χ1n) is 19.7. The summed E-state index contributed by atoms with van der Waals surface area (Å²) in [6.07, 6.45) is 3.90. The molecule has 2 aliphatic rings. The molecule has 0 amide bonds. The minimum Gasteiger partial charge on any atom is -0.455 e. The van der Waals surface area contributed by atoms with Crippen LogP contribution in [0.25, 0.3) is 77.7 Å². The third-order valence-electron chi connectivity index (χ3n) is 12.1. The van der Waals surface area contributed by atoms with Gasteiger partial charge in [0.1, 0.15) is 11.5 Å². The second kappa shape index (κ2) is 12.7. The summed E-state index contributed by atoms with van der Waals surface area (Å²) in [5.41, 5.74) is 13.0. The van der Waals surface area contributed by atoms with E-state index in [4.69, 9.17) is 19.7 Å². The largest absolute Gasteiger partial charge is 0.455 e. The van der Waals surface area contributed by atoms with Gasteiger partial charge in [0.2, 0.25) is 0 Å². The lowest BCUT2D eigenvalue weighted by Crippen LogP contribution is -2.32. The maximum atomic E-state index is 7.49. The number of hydrogen-bond acceptors (Lipinski definition) is 4. The molecule has 4 heteroatoms. The van der Waals surface area contributed by atoms with E-state index in [0.29, 0.717) is 5.82 Å². The van der Waals surface area contributed by atoms with Crippen LogP contribution in [0.4, 0.5) is 0 Å². The molecule has 0 atom stereocenters. The summed E-state index contributed by atoms with van der Waals surface area (Å²) in [4.78, 5) is 15.4. The third kappa shape index (κ3) is 4.66. The molecule has 2 aromatic heterocycles. The van der Waals surface area contributed by atoms with Crippen molar-refractivity contribution in [1.82, 2.24) is 15.0 Å². The smallest absolute Gasteiger partial charge is 0.160 e. The highest BCUT2D eigenvalue weighted by atomic mass is 16.5. The highest BCUT2D eigenvalue weighted by Crippen LogP contribution is 2.64. The van der Waals surface area contributed by atoms with Crippen LogP contribution in [0, 0.1) is 0 Å². The Hall–Kier alpha value is -7.69. The Kier molecular flexibility index (Phi) is 7.11. The van der Waals surface area contributed by atoms with E-state index in [9.17, 15) is 0 Å². The lowest BCUT2D eigenvalue weighted by molar-refractivity contribution is 0.439. The molecule has 3 heterocycles. The van der Waals surface area contributed by atoms with Gasteiger partial charge < -0.3 is 4.74 Å². The number of ether oxygens (including phenoxy) is 1. The number of benzene rings is 8. The molecule has 0 N–H and O–H groups in total. The van der Waals surface area contributed by atoms with Gasteiger partial charge in [0.25, 0.3) is 0 Å². The van der Waals surface area contributed by atoms with E-state index in [-0.39, 0.29) is 0 Å². The molecule has 0 saturated heterocycles. The number of para-hydroxylation sites is 2. The van der Waals surface area contributed by atoms with Gasteiger partial charge in [-0.05, 0) is 50.5 Å². The minimum absolute atomic E-state index is 0.656. The molecule has 4 nitrogen and oxygen atoms in total. The Bertz CT molecular complexity index is 3220. The van der Waals surface area contributed by atoms with Gasteiger partial charge in [-0.1, -0.05) is 176 Å². The van der Waals surface area contributed by atoms with E-state index in [2.05, 4.69) is 170 Å². The molecule has 1 aliphatic carbocycles. The number of nitrogens with zero attached hydrogens (tertiary/aromatic N) is 3. The van der Waals surface area contributed by atoms with Crippen molar-refractivity contribution in [2.45, 2.75) is 5.41 Å². The molecule has 58 heavy (non-hydrogen) atoms. The fraction of sp³-hybridized carbons (Fsp3) is 0.0185. The lowest BCUT2D eigenvalue weighted by Gasteiger charge is -2.40. The van der Waals surface area contributed by atoms with Crippen molar-refractivity contribution >= 4 is 21.5 Å². The van der Waals surface area contributed by atoms with E-state index in [0.717, 1.165) is 83.4 Å². The zero-order valence-corrected chi connectivity index (χ0v) is 31.3. The van der Waals surface area contributed by atoms with Crippen molar-refractivity contribution in [2.24, 2.45) is 0 Å². The van der Waals surface area contributed by atoms with Crippen LogP contribution < -0.4 is 4.74 Å². The molecular formula is C54H33N3O. The van der Waals surface area contributed by atoms with Crippen LogP contribution in [0.1, 0.15) is 22.3 Å². The predicted octanol–water partition coefficient (Wildman–Crippen LogP) is 13.3. The summed E-state index contributed by atoms with van der Waals surface area (Å²) < 4.78 is 7.49. The van der Waals surface area contributed by atoms with Crippen molar-refractivity contribution in [1.29, 1.82) is 0 Å². The molecule has 1 spiro atoms. The second-order valence-corrected chi connectivity index (χ2v) is 15.1.